The SMILES string of the molecule is O=C(N[C@@H](CCCCNC1CC1c1ccccc1)C(=O)NCc1cccc(C(F)(F)F)c1)c1ccc(-c2ccccc2)cc1. The van der Waals surface area contributed by atoms with E-state index >= 15 is 0 Å². The Bertz CT molecular complexity index is 1530. The predicted octanol–water partition coefficient (Wildman–Crippen LogP) is 7.10. The molecule has 44 heavy (non-hydrogen) atoms. The number of halogens is 3. The van der Waals surface area contributed by atoms with Crippen LogP contribution in [0.25, 0.3) is 11.1 Å². The fourth-order valence-electron chi connectivity index (χ4n) is 5.38. The molecule has 4 aromatic rings. The fraction of sp³-hybridized carbons (Fsp3) is 0.278. The minimum Gasteiger partial charge on any atom is -0.350 e. The van der Waals surface area contributed by atoms with Gasteiger partial charge in [0.25, 0.3) is 5.91 Å². The van der Waals surface area contributed by atoms with Crippen molar-refractivity contribution in [2.24, 2.45) is 0 Å². The Morgan fingerprint density at radius 3 is 2.18 bits per heavy atom. The maximum atomic E-state index is 13.2. The Morgan fingerprint density at radius 1 is 0.795 bits per heavy atom. The van der Waals surface area contributed by atoms with Gasteiger partial charge in [-0.25, -0.2) is 0 Å². The van der Waals surface area contributed by atoms with Crippen molar-refractivity contribution >= 4 is 11.8 Å². The minimum atomic E-state index is -4.47. The highest BCUT2D eigenvalue weighted by molar-refractivity contribution is 5.97. The molecule has 0 saturated heterocycles. The largest absolute Gasteiger partial charge is 0.416 e. The summed E-state index contributed by atoms with van der Waals surface area (Å²) in [5.41, 5.74) is 3.31. The van der Waals surface area contributed by atoms with E-state index < -0.39 is 23.7 Å². The lowest BCUT2D eigenvalue weighted by Crippen LogP contribution is -2.46. The number of hydrogen-bond acceptors (Lipinski definition) is 3. The van der Waals surface area contributed by atoms with E-state index in [4.69, 9.17) is 0 Å². The quantitative estimate of drug-likeness (QED) is 0.144. The van der Waals surface area contributed by atoms with Crippen LogP contribution in [0.4, 0.5) is 13.2 Å². The first kappa shape index (κ1) is 31.0. The maximum absolute atomic E-state index is 13.2. The summed E-state index contributed by atoms with van der Waals surface area (Å²) in [7, 11) is 0. The molecule has 5 rings (SSSR count). The number of amides is 2. The molecule has 8 heteroatoms. The molecule has 3 atom stereocenters. The number of alkyl halides is 3. The minimum absolute atomic E-state index is 0.0784. The van der Waals surface area contributed by atoms with Crippen LogP contribution in [0.15, 0.2) is 109 Å². The molecule has 0 heterocycles. The molecule has 4 aromatic carbocycles. The monoisotopic (exact) mass is 599 g/mol. The first-order chi connectivity index (χ1) is 21.3. The van der Waals surface area contributed by atoms with Crippen molar-refractivity contribution in [2.75, 3.05) is 6.54 Å². The molecule has 3 N–H and O–H groups in total. The second kappa shape index (κ2) is 14.4. The molecule has 1 aliphatic carbocycles. The Morgan fingerprint density at radius 2 is 1.48 bits per heavy atom. The van der Waals surface area contributed by atoms with E-state index in [2.05, 4.69) is 40.2 Å². The van der Waals surface area contributed by atoms with Crippen molar-refractivity contribution in [1.29, 1.82) is 0 Å². The Labute approximate surface area is 255 Å². The van der Waals surface area contributed by atoms with Gasteiger partial charge in [-0.1, -0.05) is 84.9 Å². The number of rotatable bonds is 13. The van der Waals surface area contributed by atoms with Gasteiger partial charge in [0, 0.05) is 24.1 Å². The average molecular weight is 600 g/mol. The van der Waals surface area contributed by atoms with E-state index in [1.54, 1.807) is 12.1 Å². The maximum Gasteiger partial charge on any atom is 0.416 e. The Hall–Kier alpha value is -4.43. The Balaban J connectivity index is 1.17. The molecule has 5 nitrogen and oxygen atoms in total. The number of carbonyl (C=O) groups excluding carboxylic acids is 2. The van der Waals surface area contributed by atoms with Gasteiger partial charge in [0.1, 0.15) is 6.04 Å². The predicted molar refractivity (Wildman–Crippen MR) is 166 cm³/mol. The third-order valence-corrected chi connectivity index (χ3v) is 7.94. The van der Waals surface area contributed by atoms with Crippen LogP contribution in [-0.4, -0.2) is 30.4 Å². The molecule has 2 unspecified atom stereocenters. The normalized spacial score (nSPS) is 16.6. The van der Waals surface area contributed by atoms with Crippen LogP contribution in [0.5, 0.6) is 0 Å². The summed E-state index contributed by atoms with van der Waals surface area (Å²) in [5, 5.41) is 9.15. The lowest BCUT2D eigenvalue weighted by atomic mass is 10.0. The summed E-state index contributed by atoms with van der Waals surface area (Å²) in [5.74, 6) is -0.292. The lowest BCUT2D eigenvalue weighted by Gasteiger charge is -2.19. The highest BCUT2D eigenvalue weighted by Gasteiger charge is 2.37. The molecule has 1 aliphatic rings. The van der Waals surface area contributed by atoms with Crippen molar-refractivity contribution in [3.05, 3.63) is 131 Å². The van der Waals surface area contributed by atoms with Gasteiger partial charge < -0.3 is 16.0 Å². The number of unbranched alkanes of at least 4 members (excludes halogenated alkanes) is 1. The van der Waals surface area contributed by atoms with Crippen molar-refractivity contribution in [1.82, 2.24) is 16.0 Å². The molecule has 0 aromatic heterocycles. The number of carbonyl (C=O) groups is 2. The van der Waals surface area contributed by atoms with Crippen molar-refractivity contribution in [2.45, 2.75) is 56.4 Å². The van der Waals surface area contributed by atoms with Gasteiger partial charge in [-0.15, -0.1) is 0 Å². The molecule has 0 spiro atoms. The topological polar surface area (TPSA) is 70.2 Å². The summed E-state index contributed by atoms with van der Waals surface area (Å²) in [4.78, 5) is 26.4. The van der Waals surface area contributed by atoms with Crippen LogP contribution in [-0.2, 0) is 17.5 Å². The van der Waals surface area contributed by atoms with E-state index in [1.165, 1.54) is 17.7 Å². The molecule has 228 valence electrons. The van der Waals surface area contributed by atoms with Crippen LogP contribution < -0.4 is 16.0 Å². The molecule has 0 bridgehead atoms. The molecule has 0 aliphatic heterocycles. The van der Waals surface area contributed by atoms with Gasteiger partial charge in [-0.3, -0.25) is 9.59 Å². The van der Waals surface area contributed by atoms with Gasteiger partial charge in [0.15, 0.2) is 0 Å². The lowest BCUT2D eigenvalue weighted by molar-refractivity contribution is -0.137. The Kier molecular flexibility index (Phi) is 10.1. The third kappa shape index (κ3) is 8.57. The first-order valence-corrected chi connectivity index (χ1v) is 15.0. The van der Waals surface area contributed by atoms with Crippen LogP contribution >= 0.6 is 0 Å². The molecule has 1 fully saturated rings. The zero-order chi connectivity index (χ0) is 30.9. The fourth-order valence-corrected chi connectivity index (χ4v) is 5.38. The van der Waals surface area contributed by atoms with Crippen LogP contribution in [0.1, 0.15) is 58.6 Å². The summed E-state index contributed by atoms with van der Waals surface area (Å²) in [6, 6.07) is 31.8. The van der Waals surface area contributed by atoms with Gasteiger partial charge in [-0.05, 0) is 78.7 Å². The summed E-state index contributed by atoms with van der Waals surface area (Å²) in [6.45, 7) is 0.715. The highest BCUT2D eigenvalue weighted by Crippen LogP contribution is 2.40. The second-order valence-corrected chi connectivity index (χ2v) is 11.2. The zero-order valence-electron chi connectivity index (χ0n) is 24.3. The molecule has 0 radical (unpaired) electrons. The van der Waals surface area contributed by atoms with E-state index in [0.29, 0.717) is 35.9 Å². The van der Waals surface area contributed by atoms with E-state index in [9.17, 15) is 22.8 Å². The van der Waals surface area contributed by atoms with Crippen molar-refractivity contribution in [3.63, 3.8) is 0 Å². The van der Waals surface area contributed by atoms with Crippen LogP contribution in [0, 0.1) is 0 Å². The van der Waals surface area contributed by atoms with Gasteiger partial charge in [-0.2, -0.15) is 13.2 Å². The zero-order valence-corrected chi connectivity index (χ0v) is 24.3. The average Bonchev–Trinajstić information content (AvgIpc) is 3.83. The molecular formula is C36H36F3N3O2. The van der Waals surface area contributed by atoms with Gasteiger partial charge in [0.05, 0.1) is 5.56 Å². The second-order valence-electron chi connectivity index (χ2n) is 11.2. The first-order valence-electron chi connectivity index (χ1n) is 15.0. The highest BCUT2D eigenvalue weighted by atomic mass is 19.4. The standard InChI is InChI=1S/C36H36F3N3O2/c37-36(38,39)30-15-9-10-25(22-30)24-41-35(44)32(16-7-8-21-40-33-23-31(33)28-13-5-2-6-14-28)42-34(43)29-19-17-27(18-20-29)26-11-3-1-4-12-26/h1-6,9-15,17-20,22,31-33,40H,7-8,16,21,23-24H2,(H,41,44)(H,42,43)/t31?,32-,33?/m0/s1. The number of benzene rings is 4. The van der Waals surface area contributed by atoms with Crippen LogP contribution in [0.2, 0.25) is 0 Å². The number of nitrogens with one attached hydrogen (secondary N) is 3. The summed E-state index contributed by atoms with van der Waals surface area (Å²) >= 11 is 0. The smallest absolute Gasteiger partial charge is 0.350 e. The van der Waals surface area contributed by atoms with E-state index in [-0.39, 0.29) is 12.5 Å². The molecule has 2 amide bonds. The summed E-state index contributed by atoms with van der Waals surface area (Å²) < 4.78 is 39.4. The van der Waals surface area contributed by atoms with E-state index in [1.807, 2.05) is 48.5 Å². The number of hydrogen-bond donors (Lipinski definition) is 3. The molecule has 1 saturated carbocycles. The van der Waals surface area contributed by atoms with Crippen LogP contribution in [0.3, 0.4) is 0 Å². The summed E-state index contributed by atoms with van der Waals surface area (Å²) in [6.07, 6.45) is -1.47. The third-order valence-electron chi connectivity index (χ3n) is 7.94. The molecular weight excluding hydrogens is 563 g/mol. The van der Waals surface area contributed by atoms with Crippen molar-refractivity contribution in [3.8, 4) is 11.1 Å². The van der Waals surface area contributed by atoms with Crippen molar-refractivity contribution < 1.29 is 22.8 Å². The van der Waals surface area contributed by atoms with Gasteiger partial charge >= 0.3 is 6.18 Å². The van der Waals surface area contributed by atoms with Gasteiger partial charge in [0.2, 0.25) is 5.91 Å². The van der Waals surface area contributed by atoms with E-state index in [0.717, 1.165) is 42.6 Å².